The normalized spacial score (nSPS) is 11.2. The van der Waals surface area contributed by atoms with E-state index in [4.69, 9.17) is 5.11 Å². The Hall–Kier alpha value is -1.58. The van der Waals surface area contributed by atoms with E-state index in [1.807, 2.05) is 24.1 Å². The minimum atomic E-state index is -0.916. The molecule has 0 bridgehead atoms. The fourth-order valence-electron chi connectivity index (χ4n) is 1.74. The Bertz CT molecular complexity index is 394. The van der Waals surface area contributed by atoms with E-state index in [1.54, 1.807) is 6.08 Å². The number of hydrogen-bond acceptors (Lipinski definition) is 1. The molecular formula is C13H21N2O2+. The molecule has 0 aliphatic heterocycles. The highest BCUT2D eigenvalue weighted by molar-refractivity contribution is 5.84. The van der Waals surface area contributed by atoms with Gasteiger partial charge in [-0.1, -0.05) is 19.8 Å². The highest BCUT2D eigenvalue weighted by Crippen LogP contribution is 2.01. The van der Waals surface area contributed by atoms with Gasteiger partial charge in [-0.3, -0.25) is 0 Å². The molecule has 0 saturated heterocycles. The molecule has 4 heteroatoms. The number of unbranched alkanes of at least 4 members (excludes halogenated alkanes) is 3. The standard InChI is InChI=1S/C13H20N2O2/c1-3-4-5-6-9-15-10-12(14(2)11-15)7-8-13(16)17/h7-8,10-11H,3-6,9H2,1-2H3/p+1/b8-7+. The van der Waals surface area contributed by atoms with E-state index >= 15 is 0 Å². The highest BCUT2D eigenvalue weighted by Gasteiger charge is 2.07. The first-order chi connectivity index (χ1) is 8.13. The van der Waals surface area contributed by atoms with Crippen LogP contribution in [0.1, 0.15) is 38.3 Å². The second-order valence-corrected chi connectivity index (χ2v) is 4.25. The number of carbonyl (C=O) groups is 1. The summed E-state index contributed by atoms with van der Waals surface area (Å²) in [6.07, 6.45) is 11.7. The molecule has 0 aliphatic carbocycles. The number of hydrogen-bond donors (Lipinski definition) is 1. The van der Waals surface area contributed by atoms with Gasteiger partial charge in [0.25, 0.3) is 0 Å². The lowest BCUT2D eigenvalue weighted by molar-refractivity contribution is -0.696. The molecule has 0 spiro atoms. The number of carboxylic acids is 1. The quantitative estimate of drug-likeness (QED) is 0.448. The van der Waals surface area contributed by atoms with Gasteiger partial charge in [-0.15, -0.1) is 0 Å². The van der Waals surface area contributed by atoms with Crippen molar-refractivity contribution in [3.8, 4) is 0 Å². The zero-order chi connectivity index (χ0) is 12.7. The Labute approximate surface area is 102 Å². The largest absolute Gasteiger partial charge is 0.478 e. The maximum atomic E-state index is 10.4. The van der Waals surface area contributed by atoms with Crippen molar-refractivity contribution in [2.24, 2.45) is 7.05 Å². The van der Waals surface area contributed by atoms with Gasteiger partial charge in [0.05, 0.1) is 13.6 Å². The number of imidazole rings is 1. The van der Waals surface area contributed by atoms with E-state index in [-0.39, 0.29) is 0 Å². The summed E-state index contributed by atoms with van der Waals surface area (Å²) in [7, 11) is 1.92. The molecule has 4 nitrogen and oxygen atoms in total. The molecule has 0 radical (unpaired) electrons. The van der Waals surface area contributed by atoms with Gasteiger partial charge < -0.3 is 5.11 Å². The summed E-state index contributed by atoms with van der Waals surface area (Å²) >= 11 is 0. The first kappa shape index (κ1) is 13.5. The third kappa shape index (κ3) is 4.85. The molecule has 17 heavy (non-hydrogen) atoms. The molecule has 0 aromatic carbocycles. The van der Waals surface area contributed by atoms with Crippen molar-refractivity contribution in [2.75, 3.05) is 0 Å². The number of rotatable bonds is 7. The molecule has 1 rings (SSSR count). The van der Waals surface area contributed by atoms with Crippen molar-refractivity contribution in [1.29, 1.82) is 0 Å². The minimum Gasteiger partial charge on any atom is -0.478 e. The molecule has 0 fully saturated rings. The average molecular weight is 237 g/mol. The van der Waals surface area contributed by atoms with E-state index < -0.39 is 5.97 Å². The lowest BCUT2D eigenvalue weighted by atomic mass is 10.2. The Morgan fingerprint density at radius 3 is 2.88 bits per heavy atom. The molecule has 0 saturated carbocycles. The molecule has 0 aliphatic rings. The maximum Gasteiger partial charge on any atom is 0.328 e. The molecule has 0 amide bonds. The minimum absolute atomic E-state index is 0.905. The van der Waals surface area contributed by atoms with E-state index in [1.165, 1.54) is 25.7 Å². The number of carboxylic acid groups (broad SMARTS) is 1. The third-order valence-corrected chi connectivity index (χ3v) is 2.69. The number of nitrogens with zero attached hydrogens (tertiary/aromatic N) is 2. The Kier molecular flexibility index (Phi) is 5.46. The second kappa shape index (κ2) is 6.89. The number of aryl methyl sites for hydroxylation is 2. The fourth-order valence-corrected chi connectivity index (χ4v) is 1.74. The summed E-state index contributed by atoms with van der Waals surface area (Å²) in [5.41, 5.74) is 0.905. The van der Waals surface area contributed by atoms with Crippen LogP contribution in [0.25, 0.3) is 6.08 Å². The van der Waals surface area contributed by atoms with Gasteiger partial charge in [-0.2, -0.15) is 0 Å². The van der Waals surface area contributed by atoms with Gasteiger partial charge in [-0.25, -0.2) is 13.9 Å². The van der Waals surface area contributed by atoms with Crippen molar-refractivity contribution in [1.82, 2.24) is 4.57 Å². The monoisotopic (exact) mass is 237 g/mol. The molecule has 1 aromatic rings. The lowest BCUT2D eigenvalue weighted by Gasteiger charge is -1.95. The number of aromatic nitrogens is 2. The van der Waals surface area contributed by atoms with Crippen LogP contribution in [-0.2, 0) is 18.4 Å². The molecule has 0 atom stereocenters. The molecule has 1 heterocycles. The van der Waals surface area contributed by atoms with Crippen molar-refractivity contribution >= 4 is 12.0 Å². The number of aliphatic carboxylic acids is 1. The van der Waals surface area contributed by atoms with Crippen LogP contribution in [0, 0.1) is 0 Å². The van der Waals surface area contributed by atoms with Crippen molar-refractivity contribution < 1.29 is 14.5 Å². The zero-order valence-corrected chi connectivity index (χ0v) is 10.6. The van der Waals surface area contributed by atoms with Crippen molar-refractivity contribution in [2.45, 2.75) is 39.2 Å². The van der Waals surface area contributed by atoms with Crippen LogP contribution in [0.2, 0.25) is 0 Å². The van der Waals surface area contributed by atoms with Gasteiger partial charge >= 0.3 is 5.97 Å². The summed E-state index contributed by atoms with van der Waals surface area (Å²) < 4.78 is 4.04. The summed E-state index contributed by atoms with van der Waals surface area (Å²) in [5.74, 6) is -0.916. The smallest absolute Gasteiger partial charge is 0.328 e. The summed E-state index contributed by atoms with van der Waals surface area (Å²) in [5, 5.41) is 8.57. The highest BCUT2D eigenvalue weighted by atomic mass is 16.4. The first-order valence-electron chi connectivity index (χ1n) is 6.10. The third-order valence-electron chi connectivity index (χ3n) is 2.69. The summed E-state index contributed by atoms with van der Waals surface area (Å²) in [6.45, 7) is 3.19. The molecular weight excluding hydrogens is 216 g/mol. The lowest BCUT2D eigenvalue weighted by Crippen LogP contribution is -2.30. The van der Waals surface area contributed by atoms with Crippen LogP contribution in [0.5, 0.6) is 0 Å². The predicted octanol–water partition coefficient (Wildman–Crippen LogP) is 1.99. The fraction of sp³-hybridized carbons (Fsp3) is 0.538. The Balaban J connectivity index is 2.52. The topological polar surface area (TPSA) is 46.1 Å². The van der Waals surface area contributed by atoms with Crippen molar-refractivity contribution in [3.63, 3.8) is 0 Å². The van der Waals surface area contributed by atoms with Gasteiger partial charge in [0, 0.05) is 6.08 Å². The molecule has 1 N–H and O–H groups in total. The summed E-state index contributed by atoms with van der Waals surface area (Å²) in [6, 6.07) is 0. The first-order valence-corrected chi connectivity index (χ1v) is 6.10. The average Bonchev–Trinajstić information content (AvgIpc) is 2.63. The van der Waals surface area contributed by atoms with E-state index in [0.717, 1.165) is 18.3 Å². The summed E-state index contributed by atoms with van der Waals surface area (Å²) in [4.78, 5) is 10.4. The Morgan fingerprint density at radius 2 is 2.24 bits per heavy atom. The van der Waals surface area contributed by atoms with Gasteiger partial charge in [0.15, 0.2) is 5.69 Å². The van der Waals surface area contributed by atoms with Gasteiger partial charge in [-0.05, 0) is 18.9 Å². The van der Waals surface area contributed by atoms with Crippen molar-refractivity contribution in [3.05, 3.63) is 24.3 Å². The van der Waals surface area contributed by atoms with Gasteiger partial charge in [0.2, 0.25) is 6.33 Å². The van der Waals surface area contributed by atoms with E-state index in [2.05, 4.69) is 11.5 Å². The molecule has 0 unspecified atom stereocenters. The Morgan fingerprint density at radius 1 is 1.47 bits per heavy atom. The maximum absolute atomic E-state index is 10.4. The van der Waals surface area contributed by atoms with Gasteiger partial charge in [0.1, 0.15) is 6.20 Å². The SMILES string of the molecule is CCCCCC[n+]1cc(/C=C/C(=O)O)n(C)c1. The van der Waals surface area contributed by atoms with E-state index in [0.29, 0.717) is 0 Å². The van der Waals surface area contributed by atoms with Crippen LogP contribution in [0.15, 0.2) is 18.6 Å². The zero-order valence-electron chi connectivity index (χ0n) is 10.6. The molecule has 1 aromatic heterocycles. The van der Waals surface area contributed by atoms with Crippen LogP contribution >= 0.6 is 0 Å². The second-order valence-electron chi connectivity index (χ2n) is 4.25. The van der Waals surface area contributed by atoms with Crippen LogP contribution < -0.4 is 4.57 Å². The molecule has 94 valence electrons. The van der Waals surface area contributed by atoms with Crippen LogP contribution in [0.3, 0.4) is 0 Å². The predicted molar refractivity (Wildman–Crippen MR) is 66.4 cm³/mol. The van der Waals surface area contributed by atoms with Crippen LogP contribution in [0.4, 0.5) is 0 Å². The van der Waals surface area contributed by atoms with E-state index in [9.17, 15) is 4.79 Å². The van der Waals surface area contributed by atoms with Crippen LogP contribution in [-0.4, -0.2) is 15.6 Å².